The summed E-state index contributed by atoms with van der Waals surface area (Å²) in [5.74, 6) is 0. The summed E-state index contributed by atoms with van der Waals surface area (Å²) >= 11 is 0. The Kier molecular flexibility index (Phi) is 18.0. The van der Waals surface area contributed by atoms with Crippen LogP contribution in [0.1, 0.15) is 37.0 Å². The Morgan fingerprint density at radius 1 is 0.548 bits per heavy atom. The van der Waals surface area contributed by atoms with Gasteiger partial charge in [-0.2, -0.15) is 16.8 Å². The normalized spacial score (nSPS) is 11.3. The van der Waals surface area contributed by atoms with Crippen LogP contribution in [0.2, 0.25) is 0 Å². The van der Waals surface area contributed by atoms with Gasteiger partial charge in [0.15, 0.2) is 0 Å². The first-order valence-corrected chi connectivity index (χ1v) is 17.4. The highest BCUT2D eigenvalue weighted by Gasteiger charge is 2.17. The molecule has 0 amide bonds. The van der Waals surface area contributed by atoms with Crippen LogP contribution in [-0.4, -0.2) is 61.9 Å². The molecule has 3 aromatic carbocycles. The second-order valence-electron chi connectivity index (χ2n) is 8.58. The maximum Gasteiger partial charge on any atom is 0.296 e. The van der Waals surface area contributed by atoms with Crippen molar-refractivity contribution in [3.63, 3.8) is 0 Å². The molecule has 0 aromatic heterocycles. The van der Waals surface area contributed by atoms with Crippen LogP contribution in [0, 0.1) is 20.8 Å². The van der Waals surface area contributed by atoms with Gasteiger partial charge in [-0.25, -0.2) is 8.42 Å². The van der Waals surface area contributed by atoms with Crippen molar-refractivity contribution < 1.29 is 43.8 Å². The molecule has 0 radical (unpaired) electrons. The number of aryl methyl sites for hydroxylation is 3. The number of aliphatic hydroxyl groups is 2. The predicted octanol–water partition coefficient (Wildman–Crippen LogP) is 4.72. The van der Waals surface area contributed by atoms with Crippen LogP contribution >= 0.6 is 10.7 Å². The van der Waals surface area contributed by atoms with Crippen molar-refractivity contribution in [2.24, 2.45) is 0 Å². The van der Waals surface area contributed by atoms with Crippen LogP contribution in [0.5, 0.6) is 0 Å². The minimum atomic E-state index is -3.85. The molecule has 10 nitrogen and oxygen atoms in total. The molecular formula is C28H39ClO10S3. The van der Waals surface area contributed by atoms with E-state index in [0.717, 1.165) is 16.7 Å². The zero-order valence-electron chi connectivity index (χ0n) is 22.9. The predicted molar refractivity (Wildman–Crippen MR) is 163 cm³/mol. The van der Waals surface area contributed by atoms with Gasteiger partial charge in [0.1, 0.15) is 0 Å². The third-order valence-electron chi connectivity index (χ3n) is 5.00. The molecule has 236 valence electrons. The molecule has 0 unspecified atom stereocenters. The average Bonchev–Trinajstić information content (AvgIpc) is 2.90. The molecular weight excluding hydrogens is 628 g/mol. The fourth-order valence-corrected chi connectivity index (χ4v) is 5.37. The second-order valence-corrected chi connectivity index (χ2v) is 14.4. The van der Waals surface area contributed by atoms with Gasteiger partial charge in [0.25, 0.3) is 29.3 Å². The van der Waals surface area contributed by atoms with Gasteiger partial charge >= 0.3 is 0 Å². The molecule has 0 saturated carbocycles. The van der Waals surface area contributed by atoms with Gasteiger partial charge in [-0.15, -0.1) is 0 Å². The molecule has 3 rings (SSSR count). The maximum absolute atomic E-state index is 12.0. The molecule has 2 N–H and O–H groups in total. The second kappa shape index (κ2) is 19.0. The zero-order valence-corrected chi connectivity index (χ0v) is 26.1. The van der Waals surface area contributed by atoms with E-state index >= 15 is 0 Å². The average molecular weight is 667 g/mol. The van der Waals surface area contributed by atoms with E-state index in [9.17, 15) is 25.3 Å². The summed E-state index contributed by atoms with van der Waals surface area (Å²) in [6.07, 6.45) is 0.621. The molecule has 0 aliphatic heterocycles. The first kappa shape index (κ1) is 39.6. The fourth-order valence-electron chi connectivity index (χ4n) is 2.71. The zero-order chi connectivity index (χ0) is 31.1. The van der Waals surface area contributed by atoms with E-state index < -0.39 is 29.3 Å². The monoisotopic (exact) mass is 666 g/mol. The summed E-state index contributed by atoms with van der Waals surface area (Å²) < 4.78 is 79.1. The molecule has 0 saturated heterocycles. The number of benzene rings is 3. The van der Waals surface area contributed by atoms with Crippen molar-refractivity contribution in [2.75, 3.05) is 26.4 Å². The number of halogens is 1. The van der Waals surface area contributed by atoms with Gasteiger partial charge in [0.05, 0.1) is 27.9 Å². The van der Waals surface area contributed by atoms with Crippen molar-refractivity contribution >= 4 is 40.0 Å². The topological polar surface area (TPSA) is 161 Å². The summed E-state index contributed by atoms with van der Waals surface area (Å²) in [5, 5.41) is 15.8. The Bertz CT molecular complexity index is 1420. The van der Waals surface area contributed by atoms with Crippen LogP contribution < -0.4 is 0 Å². The van der Waals surface area contributed by atoms with Gasteiger partial charge < -0.3 is 10.2 Å². The van der Waals surface area contributed by atoms with Crippen molar-refractivity contribution in [3.8, 4) is 0 Å². The summed E-state index contributed by atoms with van der Waals surface area (Å²) in [6, 6.07) is 18.9. The third-order valence-corrected chi connectivity index (χ3v) is 9.03. The molecule has 0 atom stereocenters. The van der Waals surface area contributed by atoms with E-state index in [0.29, 0.717) is 6.42 Å². The maximum atomic E-state index is 12.0. The smallest absolute Gasteiger partial charge is 0.296 e. The van der Waals surface area contributed by atoms with Crippen molar-refractivity contribution in [1.29, 1.82) is 0 Å². The number of hydrogen-bond donors (Lipinski definition) is 2. The summed E-state index contributed by atoms with van der Waals surface area (Å²) in [5.41, 5.74) is 2.89. The Labute approximate surface area is 254 Å². The van der Waals surface area contributed by atoms with Crippen LogP contribution in [0.15, 0.2) is 87.5 Å². The molecule has 0 heterocycles. The van der Waals surface area contributed by atoms with E-state index in [4.69, 9.17) is 29.3 Å². The van der Waals surface area contributed by atoms with Gasteiger partial charge in [-0.1, -0.05) is 60.5 Å². The standard InChI is InChI=1S/C17H20O6S2.C7H7ClO2S.C3H8O2.CH4/c1-14-4-8-16(9-5-14)24(18,19)22-12-3-13-23-25(20,21)17-10-6-15(2)7-11-17;1-6-2-4-7(5-3-6)11(8,9)10;4-2-1-3-5;/h4-11H,3,12-13H2,1-2H3;2-5H,1H3;4-5H,1-3H2;1H4. The fraction of sp³-hybridized carbons (Fsp3) is 0.357. The molecule has 0 fully saturated rings. The number of hydrogen-bond acceptors (Lipinski definition) is 10. The largest absolute Gasteiger partial charge is 0.396 e. The highest BCUT2D eigenvalue weighted by Crippen LogP contribution is 2.16. The van der Waals surface area contributed by atoms with E-state index in [-0.39, 0.29) is 55.0 Å². The highest BCUT2D eigenvalue weighted by molar-refractivity contribution is 8.13. The van der Waals surface area contributed by atoms with Crippen molar-refractivity contribution in [2.45, 2.75) is 55.7 Å². The van der Waals surface area contributed by atoms with E-state index in [1.54, 1.807) is 36.4 Å². The van der Waals surface area contributed by atoms with Gasteiger partial charge in [-0.3, -0.25) is 8.37 Å². The molecule has 0 bridgehead atoms. The lowest BCUT2D eigenvalue weighted by Crippen LogP contribution is -2.12. The molecule has 0 aliphatic carbocycles. The lowest BCUT2D eigenvalue weighted by molar-refractivity contribution is 0.221. The van der Waals surface area contributed by atoms with E-state index in [1.165, 1.54) is 36.4 Å². The molecule has 3 aromatic rings. The van der Waals surface area contributed by atoms with Gasteiger partial charge in [0, 0.05) is 23.9 Å². The quantitative estimate of drug-likeness (QED) is 0.166. The summed E-state index contributed by atoms with van der Waals surface area (Å²) in [7, 11) is -6.17. The molecule has 14 heteroatoms. The van der Waals surface area contributed by atoms with E-state index in [1.807, 2.05) is 20.8 Å². The van der Waals surface area contributed by atoms with Crippen molar-refractivity contribution in [1.82, 2.24) is 0 Å². The highest BCUT2D eigenvalue weighted by atomic mass is 35.7. The van der Waals surface area contributed by atoms with Crippen molar-refractivity contribution in [3.05, 3.63) is 89.5 Å². The summed E-state index contributed by atoms with van der Waals surface area (Å²) in [6.45, 7) is 5.43. The van der Waals surface area contributed by atoms with Crippen LogP contribution in [0.4, 0.5) is 0 Å². The van der Waals surface area contributed by atoms with Gasteiger partial charge in [-0.05, 0) is 70.0 Å². The Morgan fingerprint density at radius 2 is 0.833 bits per heavy atom. The van der Waals surface area contributed by atoms with Crippen LogP contribution in [-0.2, 0) is 37.7 Å². The Balaban J connectivity index is 0.000000817. The Hall–Kier alpha value is -2.36. The Morgan fingerprint density at radius 3 is 1.07 bits per heavy atom. The van der Waals surface area contributed by atoms with Crippen LogP contribution in [0.3, 0.4) is 0 Å². The first-order chi connectivity index (χ1) is 19.1. The van der Waals surface area contributed by atoms with E-state index in [2.05, 4.69) is 0 Å². The molecule has 42 heavy (non-hydrogen) atoms. The van der Waals surface area contributed by atoms with Crippen LogP contribution in [0.25, 0.3) is 0 Å². The number of rotatable bonds is 11. The minimum Gasteiger partial charge on any atom is -0.396 e. The molecule has 0 spiro atoms. The van der Waals surface area contributed by atoms with Gasteiger partial charge in [0.2, 0.25) is 0 Å². The number of aliphatic hydroxyl groups excluding tert-OH is 2. The summed E-state index contributed by atoms with van der Waals surface area (Å²) in [4.78, 5) is 0.266. The minimum absolute atomic E-state index is 0. The molecule has 0 aliphatic rings. The first-order valence-electron chi connectivity index (χ1n) is 12.3. The SMILES string of the molecule is C.Cc1ccc(S(=O)(=O)Cl)cc1.Cc1ccc(S(=O)(=O)OCCCOS(=O)(=O)c2ccc(C)cc2)cc1.OCCCO. The third kappa shape index (κ3) is 15.2. The lowest BCUT2D eigenvalue weighted by atomic mass is 10.2. The lowest BCUT2D eigenvalue weighted by Gasteiger charge is -2.07.